The normalized spacial score (nSPS) is 10.2. The molecule has 2 aromatic rings. The first-order valence-electron chi connectivity index (χ1n) is 4.41. The molecule has 2 heterocycles. The zero-order valence-corrected chi connectivity index (χ0v) is 9.85. The fourth-order valence-corrected chi connectivity index (χ4v) is 2.08. The summed E-state index contributed by atoms with van der Waals surface area (Å²) in [6, 6.07) is 2.54. The molecular weight excluding hydrogens is 264 g/mol. The van der Waals surface area contributed by atoms with E-state index >= 15 is 0 Å². The van der Waals surface area contributed by atoms with Gasteiger partial charge in [0.15, 0.2) is 0 Å². The standard InChI is InChI=1S/C9H5ClN4O2S/c10-7-3-6(14(15)16)4-8(13-7)17-9-5-11-1-2-12-9/h1-5H. The average molecular weight is 269 g/mol. The Labute approximate surface area is 105 Å². The molecule has 2 rings (SSSR count). The van der Waals surface area contributed by atoms with Crippen LogP contribution < -0.4 is 0 Å². The third-order valence-electron chi connectivity index (χ3n) is 1.71. The van der Waals surface area contributed by atoms with Crippen LogP contribution in [0, 0.1) is 10.1 Å². The van der Waals surface area contributed by atoms with Gasteiger partial charge >= 0.3 is 0 Å². The van der Waals surface area contributed by atoms with Gasteiger partial charge in [-0.1, -0.05) is 11.6 Å². The number of hydrogen-bond donors (Lipinski definition) is 0. The molecule has 6 nitrogen and oxygen atoms in total. The lowest BCUT2D eigenvalue weighted by atomic mass is 10.4. The van der Waals surface area contributed by atoms with Gasteiger partial charge in [0.05, 0.1) is 17.2 Å². The van der Waals surface area contributed by atoms with Crippen LogP contribution in [0.15, 0.2) is 40.8 Å². The van der Waals surface area contributed by atoms with E-state index in [1.54, 1.807) is 6.20 Å². The third-order valence-corrected chi connectivity index (χ3v) is 2.75. The summed E-state index contributed by atoms with van der Waals surface area (Å²) in [6.45, 7) is 0. The number of nitro groups is 1. The van der Waals surface area contributed by atoms with Gasteiger partial charge in [-0.05, 0) is 11.8 Å². The van der Waals surface area contributed by atoms with Gasteiger partial charge in [0.1, 0.15) is 15.2 Å². The second-order valence-corrected chi connectivity index (χ2v) is 4.32. The smallest absolute Gasteiger partial charge is 0.260 e. The Morgan fingerprint density at radius 1 is 1.29 bits per heavy atom. The van der Waals surface area contributed by atoms with Crippen molar-refractivity contribution >= 4 is 29.1 Å². The molecule has 0 aliphatic rings. The van der Waals surface area contributed by atoms with Gasteiger partial charge < -0.3 is 0 Å². The topological polar surface area (TPSA) is 81.8 Å². The van der Waals surface area contributed by atoms with Crippen LogP contribution in [0.25, 0.3) is 0 Å². The Kier molecular flexibility index (Phi) is 3.50. The maximum atomic E-state index is 10.6. The summed E-state index contributed by atoms with van der Waals surface area (Å²) in [7, 11) is 0. The second-order valence-electron chi connectivity index (χ2n) is 2.89. The van der Waals surface area contributed by atoms with Crippen LogP contribution >= 0.6 is 23.4 Å². The van der Waals surface area contributed by atoms with E-state index in [0.29, 0.717) is 10.1 Å². The summed E-state index contributed by atoms with van der Waals surface area (Å²) in [5.41, 5.74) is -0.101. The highest BCUT2D eigenvalue weighted by atomic mass is 35.5. The minimum atomic E-state index is -0.520. The molecule has 17 heavy (non-hydrogen) atoms. The molecule has 0 unspecified atom stereocenters. The zero-order valence-electron chi connectivity index (χ0n) is 8.28. The molecule has 0 fully saturated rings. The molecule has 0 aliphatic heterocycles. The second kappa shape index (κ2) is 5.07. The van der Waals surface area contributed by atoms with Gasteiger partial charge in [-0.2, -0.15) is 0 Å². The Morgan fingerprint density at radius 3 is 2.76 bits per heavy atom. The first-order valence-corrected chi connectivity index (χ1v) is 5.60. The molecule has 0 saturated carbocycles. The molecule has 0 atom stereocenters. The van der Waals surface area contributed by atoms with E-state index in [2.05, 4.69) is 15.0 Å². The van der Waals surface area contributed by atoms with Crippen LogP contribution in [0.3, 0.4) is 0 Å². The van der Waals surface area contributed by atoms with Crippen LogP contribution in [0.5, 0.6) is 0 Å². The maximum absolute atomic E-state index is 10.6. The maximum Gasteiger partial charge on any atom is 0.275 e. The lowest BCUT2D eigenvalue weighted by molar-refractivity contribution is -0.385. The molecule has 0 N–H and O–H groups in total. The predicted octanol–water partition coefficient (Wildman–Crippen LogP) is 2.58. The molecule has 2 aromatic heterocycles. The van der Waals surface area contributed by atoms with E-state index in [1.807, 2.05) is 0 Å². The van der Waals surface area contributed by atoms with Crippen molar-refractivity contribution in [2.75, 3.05) is 0 Å². The summed E-state index contributed by atoms with van der Waals surface area (Å²) in [4.78, 5) is 22.0. The summed E-state index contributed by atoms with van der Waals surface area (Å²) in [6.07, 6.45) is 4.61. The van der Waals surface area contributed by atoms with E-state index in [4.69, 9.17) is 11.6 Å². The Bertz CT molecular complexity index is 552. The third kappa shape index (κ3) is 3.11. The Balaban J connectivity index is 2.30. The van der Waals surface area contributed by atoms with Crippen LogP contribution in [0.4, 0.5) is 5.69 Å². The molecule has 0 saturated heterocycles. The molecular formula is C9H5ClN4O2S. The summed E-state index contributed by atoms with van der Waals surface area (Å²) >= 11 is 6.86. The minimum Gasteiger partial charge on any atom is -0.260 e. The SMILES string of the molecule is O=[N+]([O-])c1cc(Cl)nc(Sc2cnccn2)c1. The molecule has 0 spiro atoms. The Morgan fingerprint density at radius 2 is 2.12 bits per heavy atom. The van der Waals surface area contributed by atoms with Crippen LogP contribution in [0.1, 0.15) is 0 Å². The van der Waals surface area contributed by atoms with Crippen molar-refractivity contribution in [2.45, 2.75) is 10.1 Å². The quantitative estimate of drug-likeness (QED) is 0.483. The van der Waals surface area contributed by atoms with Gasteiger partial charge in [-0.25, -0.2) is 9.97 Å². The summed E-state index contributed by atoms with van der Waals surface area (Å²) < 4.78 is 0. The number of nitrogens with zero attached hydrogens (tertiary/aromatic N) is 4. The fraction of sp³-hybridized carbons (Fsp3) is 0. The van der Waals surface area contributed by atoms with Crippen LogP contribution in [0.2, 0.25) is 5.15 Å². The van der Waals surface area contributed by atoms with Crippen molar-refractivity contribution in [1.82, 2.24) is 15.0 Å². The van der Waals surface area contributed by atoms with Gasteiger partial charge in [-0.15, -0.1) is 0 Å². The lowest BCUT2D eigenvalue weighted by Crippen LogP contribution is -1.91. The van der Waals surface area contributed by atoms with E-state index in [1.165, 1.54) is 24.5 Å². The molecule has 0 bridgehead atoms. The highest BCUT2D eigenvalue weighted by Crippen LogP contribution is 2.28. The van der Waals surface area contributed by atoms with E-state index in [-0.39, 0.29) is 10.8 Å². The Hall–Kier alpha value is -1.73. The van der Waals surface area contributed by atoms with Crippen molar-refractivity contribution in [3.63, 3.8) is 0 Å². The van der Waals surface area contributed by atoms with Gasteiger partial charge in [0.2, 0.25) is 0 Å². The first-order chi connectivity index (χ1) is 8.15. The lowest BCUT2D eigenvalue weighted by Gasteiger charge is -2.00. The number of halogens is 1. The fourth-order valence-electron chi connectivity index (χ4n) is 1.06. The van der Waals surface area contributed by atoms with Gasteiger partial charge in [0.25, 0.3) is 5.69 Å². The van der Waals surface area contributed by atoms with Crippen LogP contribution in [-0.2, 0) is 0 Å². The number of hydrogen-bond acceptors (Lipinski definition) is 6. The van der Waals surface area contributed by atoms with Crippen LogP contribution in [-0.4, -0.2) is 19.9 Å². The van der Waals surface area contributed by atoms with Crippen molar-refractivity contribution in [2.24, 2.45) is 0 Å². The first kappa shape index (κ1) is 11.7. The monoisotopic (exact) mass is 268 g/mol. The molecule has 0 aromatic carbocycles. The predicted molar refractivity (Wildman–Crippen MR) is 62.1 cm³/mol. The minimum absolute atomic E-state index is 0.0746. The number of rotatable bonds is 3. The van der Waals surface area contributed by atoms with E-state index in [0.717, 1.165) is 11.8 Å². The summed E-state index contributed by atoms with van der Waals surface area (Å²) in [5.74, 6) is 0. The summed E-state index contributed by atoms with van der Waals surface area (Å²) in [5, 5.41) is 11.7. The zero-order chi connectivity index (χ0) is 12.3. The molecule has 0 amide bonds. The molecule has 0 radical (unpaired) electrons. The largest absolute Gasteiger partial charge is 0.275 e. The molecule has 0 aliphatic carbocycles. The molecule has 8 heteroatoms. The van der Waals surface area contributed by atoms with Crippen molar-refractivity contribution in [3.05, 3.63) is 46.0 Å². The van der Waals surface area contributed by atoms with Crippen molar-refractivity contribution < 1.29 is 4.92 Å². The van der Waals surface area contributed by atoms with Gasteiger partial charge in [-0.3, -0.25) is 15.1 Å². The van der Waals surface area contributed by atoms with Crippen molar-refractivity contribution in [1.29, 1.82) is 0 Å². The van der Waals surface area contributed by atoms with E-state index in [9.17, 15) is 10.1 Å². The van der Waals surface area contributed by atoms with Crippen molar-refractivity contribution in [3.8, 4) is 0 Å². The highest BCUT2D eigenvalue weighted by Gasteiger charge is 2.11. The highest BCUT2D eigenvalue weighted by molar-refractivity contribution is 7.99. The molecule has 86 valence electrons. The van der Waals surface area contributed by atoms with Gasteiger partial charge in [0, 0.05) is 18.5 Å². The van der Waals surface area contributed by atoms with E-state index < -0.39 is 4.92 Å². The number of pyridine rings is 1. The average Bonchev–Trinajstić information content (AvgIpc) is 2.29. The number of aromatic nitrogens is 3.